The van der Waals surface area contributed by atoms with Crippen LogP contribution < -0.4 is 15.0 Å². The number of benzene rings is 2. The van der Waals surface area contributed by atoms with Gasteiger partial charge in [0.25, 0.3) is 5.91 Å². The van der Waals surface area contributed by atoms with Gasteiger partial charge in [0, 0.05) is 44.5 Å². The lowest BCUT2D eigenvalue weighted by molar-refractivity contribution is -0.127. The van der Waals surface area contributed by atoms with E-state index in [-0.39, 0.29) is 5.91 Å². The number of ether oxygens (including phenoxy) is 1. The number of amides is 1. The van der Waals surface area contributed by atoms with Crippen LogP contribution in [0.1, 0.15) is 13.8 Å². The normalized spacial score (nSPS) is 17.2. The van der Waals surface area contributed by atoms with Crippen molar-refractivity contribution in [1.29, 1.82) is 0 Å². The van der Waals surface area contributed by atoms with Crippen LogP contribution in [0, 0.1) is 0 Å². The number of nitrogens with zero attached hydrogens (tertiary/aromatic N) is 2. The molecule has 0 spiro atoms. The van der Waals surface area contributed by atoms with Crippen LogP contribution in [0.3, 0.4) is 0 Å². The summed E-state index contributed by atoms with van der Waals surface area (Å²) >= 11 is 0. The number of piperazine rings is 1. The molecule has 3 rings (SSSR count). The van der Waals surface area contributed by atoms with E-state index in [4.69, 9.17) is 4.74 Å². The zero-order valence-corrected chi connectivity index (χ0v) is 16.2. The summed E-state index contributed by atoms with van der Waals surface area (Å²) in [5, 5.41) is 3.02. The number of anilines is 1. The van der Waals surface area contributed by atoms with Gasteiger partial charge in [0.2, 0.25) is 0 Å². The van der Waals surface area contributed by atoms with Crippen LogP contribution in [0.4, 0.5) is 5.69 Å². The fourth-order valence-electron chi connectivity index (χ4n) is 3.34. The summed E-state index contributed by atoms with van der Waals surface area (Å²) in [5.74, 6) is 0.638. The molecule has 1 N–H and O–H groups in total. The maximum absolute atomic E-state index is 12.3. The van der Waals surface area contributed by atoms with E-state index >= 15 is 0 Å². The van der Waals surface area contributed by atoms with E-state index in [1.165, 1.54) is 5.69 Å². The largest absolute Gasteiger partial charge is 0.481 e. The zero-order valence-electron chi connectivity index (χ0n) is 16.2. The second kappa shape index (κ2) is 9.42. The predicted molar refractivity (Wildman–Crippen MR) is 109 cm³/mol. The topological polar surface area (TPSA) is 44.8 Å². The highest BCUT2D eigenvalue weighted by molar-refractivity contribution is 5.80. The number of carbonyl (C=O) groups excluding carboxylic acids is 1. The van der Waals surface area contributed by atoms with Gasteiger partial charge in [-0.1, -0.05) is 36.4 Å². The van der Waals surface area contributed by atoms with Gasteiger partial charge in [-0.3, -0.25) is 9.69 Å². The molecule has 27 heavy (non-hydrogen) atoms. The fourth-order valence-corrected chi connectivity index (χ4v) is 3.34. The van der Waals surface area contributed by atoms with Crippen LogP contribution >= 0.6 is 0 Å². The van der Waals surface area contributed by atoms with Crippen LogP contribution in [-0.2, 0) is 4.79 Å². The van der Waals surface area contributed by atoms with E-state index in [1.807, 2.05) is 36.4 Å². The Morgan fingerprint density at radius 2 is 1.56 bits per heavy atom. The average Bonchev–Trinajstić information content (AvgIpc) is 2.73. The van der Waals surface area contributed by atoms with Gasteiger partial charge in [0.05, 0.1) is 0 Å². The van der Waals surface area contributed by atoms with Crippen molar-refractivity contribution in [3.63, 3.8) is 0 Å². The van der Waals surface area contributed by atoms with Crippen LogP contribution in [0.15, 0.2) is 60.7 Å². The van der Waals surface area contributed by atoms with Crippen LogP contribution in [0.25, 0.3) is 0 Å². The SMILES string of the molecule is CC(Oc1ccccc1)C(=O)NCC(C)N1CCN(c2ccccc2)CC1. The molecule has 0 aromatic heterocycles. The molecule has 144 valence electrons. The standard InChI is InChI=1S/C22H29N3O2/c1-18(17-23-22(26)19(2)27-21-11-7-4-8-12-21)24-13-15-25(16-14-24)20-9-5-3-6-10-20/h3-12,18-19H,13-17H2,1-2H3,(H,23,26). The monoisotopic (exact) mass is 367 g/mol. The highest BCUT2D eigenvalue weighted by atomic mass is 16.5. The van der Waals surface area contributed by atoms with Crippen molar-refractivity contribution in [1.82, 2.24) is 10.2 Å². The van der Waals surface area contributed by atoms with Crippen LogP contribution in [0.5, 0.6) is 5.75 Å². The molecule has 1 aliphatic rings. The lowest BCUT2D eigenvalue weighted by Crippen LogP contribution is -2.53. The second-order valence-electron chi connectivity index (χ2n) is 7.03. The van der Waals surface area contributed by atoms with E-state index in [0.29, 0.717) is 18.3 Å². The minimum absolute atomic E-state index is 0.0753. The van der Waals surface area contributed by atoms with Crippen molar-refractivity contribution in [2.45, 2.75) is 26.0 Å². The summed E-state index contributed by atoms with van der Waals surface area (Å²) in [4.78, 5) is 17.2. The van der Waals surface area contributed by atoms with Crippen molar-refractivity contribution >= 4 is 11.6 Å². The summed E-state index contributed by atoms with van der Waals surface area (Å²) in [6, 6.07) is 20.3. The van der Waals surface area contributed by atoms with Gasteiger partial charge in [-0.05, 0) is 38.1 Å². The number of para-hydroxylation sites is 2. The first-order valence-corrected chi connectivity index (χ1v) is 9.67. The Labute approximate surface area is 161 Å². The molecule has 2 atom stereocenters. The molecule has 0 aliphatic carbocycles. The summed E-state index contributed by atoms with van der Waals surface area (Å²) in [7, 11) is 0. The zero-order chi connectivity index (χ0) is 19.1. The van der Waals surface area contributed by atoms with Crippen LogP contribution in [0.2, 0.25) is 0 Å². The van der Waals surface area contributed by atoms with Crippen molar-refractivity contribution < 1.29 is 9.53 Å². The van der Waals surface area contributed by atoms with Crippen molar-refractivity contribution in [3.8, 4) is 5.75 Å². The predicted octanol–water partition coefficient (Wildman–Crippen LogP) is 2.78. The summed E-state index contributed by atoms with van der Waals surface area (Å²) < 4.78 is 5.68. The number of nitrogens with one attached hydrogen (secondary N) is 1. The first kappa shape index (κ1) is 19.2. The Bertz CT molecular complexity index is 700. The minimum atomic E-state index is -0.505. The molecule has 0 radical (unpaired) electrons. The molecule has 2 unspecified atom stereocenters. The lowest BCUT2D eigenvalue weighted by Gasteiger charge is -2.39. The second-order valence-corrected chi connectivity index (χ2v) is 7.03. The first-order valence-electron chi connectivity index (χ1n) is 9.67. The van der Waals surface area contributed by atoms with E-state index in [0.717, 1.165) is 26.2 Å². The molecule has 1 heterocycles. The molecule has 1 fully saturated rings. The van der Waals surface area contributed by atoms with Crippen molar-refractivity contribution in [2.75, 3.05) is 37.6 Å². The van der Waals surface area contributed by atoms with Gasteiger partial charge in [-0.25, -0.2) is 0 Å². The summed E-state index contributed by atoms with van der Waals surface area (Å²) in [6.45, 7) is 8.61. The molecule has 5 heteroatoms. The molecule has 0 bridgehead atoms. The molecule has 5 nitrogen and oxygen atoms in total. The molecular weight excluding hydrogens is 338 g/mol. The highest BCUT2D eigenvalue weighted by Gasteiger charge is 2.22. The fraction of sp³-hybridized carbons (Fsp3) is 0.409. The molecule has 1 saturated heterocycles. The Balaban J connectivity index is 1.40. The number of hydrogen-bond donors (Lipinski definition) is 1. The highest BCUT2D eigenvalue weighted by Crippen LogP contribution is 2.16. The number of hydrogen-bond acceptors (Lipinski definition) is 4. The Kier molecular flexibility index (Phi) is 6.71. The van der Waals surface area contributed by atoms with Gasteiger partial charge < -0.3 is 15.0 Å². The summed E-state index contributed by atoms with van der Waals surface area (Å²) in [6.07, 6.45) is -0.505. The Morgan fingerprint density at radius 3 is 2.19 bits per heavy atom. The minimum Gasteiger partial charge on any atom is -0.481 e. The summed E-state index contributed by atoms with van der Waals surface area (Å²) in [5.41, 5.74) is 1.28. The van der Waals surface area contributed by atoms with E-state index in [1.54, 1.807) is 6.92 Å². The first-order chi connectivity index (χ1) is 13.1. The maximum atomic E-state index is 12.3. The molecular formula is C22H29N3O2. The molecule has 0 saturated carbocycles. The molecule has 2 aromatic carbocycles. The maximum Gasteiger partial charge on any atom is 0.260 e. The molecule has 1 amide bonds. The quantitative estimate of drug-likeness (QED) is 0.817. The smallest absolute Gasteiger partial charge is 0.260 e. The average molecular weight is 367 g/mol. The molecule has 1 aliphatic heterocycles. The van der Waals surface area contributed by atoms with Gasteiger partial charge >= 0.3 is 0 Å². The number of carbonyl (C=O) groups is 1. The van der Waals surface area contributed by atoms with Gasteiger partial charge in [-0.15, -0.1) is 0 Å². The van der Waals surface area contributed by atoms with Gasteiger partial charge in [0.15, 0.2) is 6.10 Å². The Hall–Kier alpha value is -2.53. The van der Waals surface area contributed by atoms with Crippen molar-refractivity contribution in [3.05, 3.63) is 60.7 Å². The van der Waals surface area contributed by atoms with E-state index < -0.39 is 6.10 Å². The van der Waals surface area contributed by atoms with Crippen LogP contribution in [-0.4, -0.2) is 55.7 Å². The third kappa shape index (κ3) is 5.47. The van der Waals surface area contributed by atoms with E-state index in [9.17, 15) is 4.79 Å². The number of rotatable bonds is 7. The third-order valence-electron chi connectivity index (χ3n) is 5.06. The molecule has 2 aromatic rings. The lowest BCUT2D eigenvalue weighted by atomic mass is 10.2. The van der Waals surface area contributed by atoms with Gasteiger partial charge in [-0.2, -0.15) is 0 Å². The Morgan fingerprint density at radius 1 is 0.963 bits per heavy atom. The van der Waals surface area contributed by atoms with Crippen molar-refractivity contribution in [2.24, 2.45) is 0 Å². The third-order valence-corrected chi connectivity index (χ3v) is 5.06. The van der Waals surface area contributed by atoms with E-state index in [2.05, 4.69) is 46.3 Å². The van der Waals surface area contributed by atoms with Gasteiger partial charge in [0.1, 0.15) is 5.75 Å².